The van der Waals surface area contributed by atoms with Crippen LogP contribution >= 0.6 is 0 Å². The summed E-state index contributed by atoms with van der Waals surface area (Å²) in [6.07, 6.45) is 5.60. The number of carbonyl (C=O) groups excluding carboxylic acids is 3. The number of nitrogens with zero attached hydrogens (tertiary/aromatic N) is 1. The fourth-order valence-electron chi connectivity index (χ4n) is 5.74. The van der Waals surface area contributed by atoms with Crippen LogP contribution in [0.1, 0.15) is 91.5 Å². The summed E-state index contributed by atoms with van der Waals surface area (Å²) in [5.74, 6) is -1.32. The van der Waals surface area contributed by atoms with Crippen molar-refractivity contribution in [1.29, 1.82) is 0 Å². The number of rotatable bonds is 11. The van der Waals surface area contributed by atoms with Crippen molar-refractivity contribution in [3.05, 3.63) is 41.5 Å². The van der Waals surface area contributed by atoms with Gasteiger partial charge in [0.05, 0.1) is 18.1 Å². The van der Waals surface area contributed by atoms with E-state index in [1.165, 1.54) is 5.57 Å². The van der Waals surface area contributed by atoms with Gasteiger partial charge in [-0.1, -0.05) is 44.4 Å². The van der Waals surface area contributed by atoms with Gasteiger partial charge in [-0.25, -0.2) is 4.79 Å². The highest BCUT2D eigenvalue weighted by atomic mass is 16.5. The molecule has 3 rings (SSSR count). The lowest BCUT2D eigenvalue weighted by molar-refractivity contribution is -0.167. The highest BCUT2D eigenvalue weighted by molar-refractivity contribution is 5.92. The summed E-state index contributed by atoms with van der Waals surface area (Å²) < 4.78 is 11.8. The molecule has 2 amide bonds. The van der Waals surface area contributed by atoms with Crippen molar-refractivity contribution in [1.82, 2.24) is 10.2 Å². The highest BCUT2D eigenvalue weighted by Crippen LogP contribution is 2.27. The molecule has 2 saturated heterocycles. The second-order valence-electron chi connectivity index (χ2n) is 12.7. The number of carbonyl (C=O) groups is 3. The fourth-order valence-corrected chi connectivity index (χ4v) is 5.74. The molecule has 0 saturated carbocycles. The number of fused-ring (bicyclic) bond motifs is 1. The maximum absolute atomic E-state index is 14.0. The molecule has 3 N–H and O–H groups in total. The predicted octanol–water partition coefficient (Wildman–Crippen LogP) is 4.33. The van der Waals surface area contributed by atoms with Gasteiger partial charge in [0.1, 0.15) is 30.5 Å². The lowest BCUT2D eigenvalue weighted by Crippen LogP contribution is -2.58. The zero-order chi connectivity index (χ0) is 31.5. The Hall–Kier alpha value is -2.91. The van der Waals surface area contributed by atoms with Crippen LogP contribution in [0.5, 0.6) is 5.75 Å². The second kappa shape index (κ2) is 16.8. The van der Waals surface area contributed by atoms with Crippen LogP contribution in [0.2, 0.25) is 0 Å². The number of cyclic esters (lactones) is 1. The largest absolute Gasteiger partial charge is 0.490 e. The quantitative estimate of drug-likeness (QED) is 0.196. The summed E-state index contributed by atoms with van der Waals surface area (Å²) in [4.78, 5) is 42.6. The van der Waals surface area contributed by atoms with E-state index in [0.29, 0.717) is 31.7 Å². The average Bonchev–Trinajstić information content (AvgIpc) is 2.97. The normalized spacial score (nSPS) is 26.6. The molecule has 1 aromatic carbocycles. The lowest BCUT2D eigenvalue weighted by atomic mass is 9.89. The molecule has 7 atom stereocenters. The van der Waals surface area contributed by atoms with Gasteiger partial charge in [0, 0.05) is 19.4 Å². The summed E-state index contributed by atoms with van der Waals surface area (Å²) in [7, 11) is 0. The Morgan fingerprint density at radius 1 is 1.12 bits per heavy atom. The van der Waals surface area contributed by atoms with Crippen LogP contribution in [0.3, 0.4) is 0 Å². The van der Waals surface area contributed by atoms with Crippen LogP contribution in [-0.4, -0.2) is 76.4 Å². The van der Waals surface area contributed by atoms with Crippen LogP contribution in [0.4, 0.5) is 0 Å². The lowest BCUT2D eigenvalue weighted by Gasteiger charge is -2.39. The second-order valence-corrected chi connectivity index (χ2v) is 12.7. The zero-order valence-electron chi connectivity index (χ0n) is 26.6. The average molecular weight is 601 g/mol. The third-order valence-corrected chi connectivity index (χ3v) is 8.68. The fraction of sp³-hybridized carbons (Fsp3) is 0.676. The maximum Gasteiger partial charge on any atom is 0.329 e. The van der Waals surface area contributed by atoms with Crippen molar-refractivity contribution in [2.45, 2.75) is 123 Å². The van der Waals surface area contributed by atoms with Crippen molar-refractivity contribution in [2.75, 3.05) is 13.2 Å². The number of ether oxygens (including phenoxy) is 2. The third-order valence-electron chi connectivity index (χ3n) is 8.68. The van der Waals surface area contributed by atoms with Gasteiger partial charge in [0.15, 0.2) is 0 Å². The first-order chi connectivity index (χ1) is 20.5. The molecule has 9 heteroatoms. The van der Waals surface area contributed by atoms with Crippen molar-refractivity contribution >= 4 is 17.8 Å². The molecule has 1 aromatic rings. The predicted molar refractivity (Wildman–Crippen MR) is 165 cm³/mol. The SMILES string of the molecule is CC(C)=CCOc1ccc(CC2NC(=O)C(C)C(O)CC(C(C)CCCCC(C)O)OC(=O)C3CCCCN3C2=O)cc1. The molecule has 0 spiro atoms. The molecule has 2 aliphatic heterocycles. The molecule has 0 radical (unpaired) electrons. The number of unbranched alkanes of at least 4 members (excludes halogenated alkanes) is 1. The van der Waals surface area contributed by atoms with E-state index in [9.17, 15) is 24.6 Å². The molecule has 0 bridgehead atoms. The van der Waals surface area contributed by atoms with E-state index in [4.69, 9.17) is 9.47 Å². The van der Waals surface area contributed by atoms with E-state index in [1.54, 1.807) is 18.7 Å². The topological polar surface area (TPSA) is 125 Å². The van der Waals surface area contributed by atoms with Crippen LogP contribution in [0, 0.1) is 11.8 Å². The van der Waals surface area contributed by atoms with E-state index < -0.39 is 42.1 Å². The van der Waals surface area contributed by atoms with Gasteiger partial charge in [-0.3, -0.25) is 9.59 Å². The molecular formula is C34H52N2O7. The number of esters is 1. The number of amides is 2. The molecule has 0 aromatic heterocycles. The van der Waals surface area contributed by atoms with Gasteiger partial charge >= 0.3 is 5.97 Å². The van der Waals surface area contributed by atoms with Gasteiger partial charge in [0.2, 0.25) is 11.8 Å². The summed E-state index contributed by atoms with van der Waals surface area (Å²) in [6.45, 7) is 10.3. The van der Waals surface area contributed by atoms with Crippen LogP contribution in [-0.2, 0) is 25.5 Å². The number of hydrogen-bond donors (Lipinski definition) is 3. The Labute approximate surface area is 257 Å². The number of benzene rings is 1. The smallest absolute Gasteiger partial charge is 0.329 e. The van der Waals surface area contributed by atoms with Crippen molar-refractivity contribution in [3.8, 4) is 5.75 Å². The van der Waals surface area contributed by atoms with Crippen molar-refractivity contribution < 1.29 is 34.1 Å². The number of allylic oxidation sites excluding steroid dienone is 1. The third kappa shape index (κ3) is 10.6. The van der Waals surface area contributed by atoms with E-state index in [1.807, 2.05) is 51.1 Å². The van der Waals surface area contributed by atoms with E-state index in [-0.39, 0.29) is 30.8 Å². The first kappa shape index (κ1) is 34.6. The molecule has 2 fully saturated rings. The number of piperidine rings is 1. The summed E-state index contributed by atoms with van der Waals surface area (Å²) in [5.41, 5.74) is 2.01. The number of aliphatic hydroxyl groups excluding tert-OH is 2. The number of nitrogens with one attached hydrogen (secondary N) is 1. The zero-order valence-corrected chi connectivity index (χ0v) is 26.6. The monoisotopic (exact) mass is 600 g/mol. The highest BCUT2D eigenvalue weighted by Gasteiger charge is 2.40. The minimum absolute atomic E-state index is 0.0553. The van der Waals surface area contributed by atoms with E-state index in [0.717, 1.165) is 37.7 Å². The summed E-state index contributed by atoms with van der Waals surface area (Å²) in [6, 6.07) is 5.81. The van der Waals surface area contributed by atoms with Gasteiger partial charge in [-0.2, -0.15) is 0 Å². The van der Waals surface area contributed by atoms with Crippen molar-refractivity contribution in [2.24, 2.45) is 11.8 Å². The van der Waals surface area contributed by atoms with Gasteiger partial charge < -0.3 is 29.9 Å². The molecule has 9 nitrogen and oxygen atoms in total. The summed E-state index contributed by atoms with van der Waals surface area (Å²) in [5, 5.41) is 23.6. The first-order valence-corrected chi connectivity index (χ1v) is 16.0. The minimum atomic E-state index is -1.05. The van der Waals surface area contributed by atoms with Gasteiger partial charge in [-0.15, -0.1) is 0 Å². The van der Waals surface area contributed by atoms with Crippen LogP contribution in [0.25, 0.3) is 0 Å². The van der Waals surface area contributed by atoms with Gasteiger partial charge in [0.25, 0.3) is 0 Å². The molecule has 240 valence electrons. The molecule has 2 aliphatic rings. The number of aliphatic hydroxyl groups is 2. The molecule has 0 aliphatic carbocycles. The van der Waals surface area contributed by atoms with Gasteiger partial charge in [-0.05, 0) is 82.6 Å². The maximum atomic E-state index is 14.0. The van der Waals surface area contributed by atoms with E-state index in [2.05, 4.69) is 5.32 Å². The minimum Gasteiger partial charge on any atom is -0.490 e. The Morgan fingerprint density at radius 2 is 1.81 bits per heavy atom. The van der Waals surface area contributed by atoms with Crippen molar-refractivity contribution in [3.63, 3.8) is 0 Å². The molecular weight excluding hydrogens is 548 g/mol. The van der Waals surface area contributed by atoms with E-state index >= 15 is 0 Å². The molecule has 2 heterocycles. The number of hydrogen-bond acceptors (Lipinski definition) is 7. The Balaban J connectivity index is 1.80. The Morgan fingerprint density at radius 3 is 2.49 bits per heavy atom. The van der Waals surface area contributed by atoms with Crippen LogP contribution in [0.15, 0.2) is 35.9 Å². The first-order valence-electron chi connectivity index (χ1n) is 16.0. The standard InChI is InChI=1S/C34H52N2O7/c1-22(2)17-19-42-27-15-13-26(14-16-27)20-28-33(40)36-18-9-8-12-29(36)34(41)43-31(21-30(38)25(5)32(39)35-28)23(3)10-6-7-11-24(4)37/h13-17,23-25,28-31,37-38H,6-12,18-21H2,1-5H3,(H,35,39). The summed E-state index contributed by atoms with van der Waals surface area (Å²) >= 11 is 0. The van der Waals surface area contributed by atoms with Crippen LogP contribution < -0.4 is 10.1 Å². The molecule has 43 heavy (non-hydrogen) atoms. The molecule has 7 unspecified atom stereocenters. The Kier molecular flexibility index (Phi) is 13.5. The Bertz CT molecular complexity index is 1080.